The van der Waals surface area contributed by atoms with E-state index in [1.807, 2.05) is 32.9 Å². The maximum atomic E-state index is 5.24. The van der Waals surface area contributed by atoms with Crippen LogP contribution in [0.15, 0.2) is 24.3 Å². The standard InChI is InChI=1S/C4H7Cl.C4H8/c1-4(2)3-5;1-3-4-2/h1,3H2,2H3;3-4H,1-2H3. The van der Waals surface area contributed by atoms with Crippen LogP contribution in [0.5, 0.6) is 0 Å². The van der Waals surface area contributed by atoms with Crippen LogP contribution in [0.2, 0.25) is 0 Å². The molecule has 0 aromatic heterocycles. The van der Waals surface area contributed by atoms with Gasteiger partial charge in [-0.15, -0.1) is 11.6 Å². The molecule has 0 radical (unpaired) electrons. The van der Waals surface area contributed by atoms with Crippen molar-refractivity contribution in [1.29, 1.82) is 0 Å². The molecular formula is C8H15Cl. The number of alkyl halides is 1. The molecule has 0 aliphatic carbocycles. The summed E-state index contributed by atoms with van der Waals surface area (Å²) in [6.45, 7) is 9.44. The number of hydrogen-bond donors (Lipinski definition) is 0. The molecule has 0 saturated carbocycles. The number of hydrogen-bond acceptors (Lipinski definition) is 0. The van der Waals surface area contributed by atoms with Crippen molar-refractivity contribution in [3.63, 3.8) is 0 Å². The van der Waals surface area contributed by atoms with E-state index in [2.05, 4.69) is 6.58 Å². The van der Waals surface area contributed by atoms with Gasteiger partial charge in [0.25, 0.3) is 0 Å². The van der Waals surface area contributed by atoms with Crippen LogP contribution in [0.4, 0.5) is 0 Å². The minimum Gasteiger partial charge on any atom is -0.122 e. The first-order valence-corrected chi connectivity index (χ1v) is 3.50. The van der Waals surface area contributed by atoms with E-state index in [9.17, 15) is 0 Å². The van der Waals surface area contributed by atoms with Crippen molar-refractivity contribution in [2.24, 2.45) is 0 Å². The van der Waals surface area contributed by atoms with Gasteiger partial charge in [0.05, 0.1) is 0 Å². The van der Waals surface area contributed by atoms with Crippen LogP contribution in [0, 0.1) is 0 Å². The molecule has 0 aliphatic rings. The Balaban J connectivity index is 0. The van der Waals surface area contributed by atoms with E-state index in [0.29, 0.717) is 5.88 Å². The molecule has 0 nitrogen and oxygen atoms in total. The predicted octanol–water partition coefficient (Wildman–Crippen LogP) is 3.38. The molecule has 54 valence electrons. The maximum Gasteiger partial charge on any atom is 0.0428 e. The molecule has 0 N–H and O–H groups in total. The van der Waals surface area contributed by atoms with Crippen LogP contribution in [0.3, 0.4) is 0 Å². The first-order chi connectivity index (χ1) is 4.18. The number of rotatable bonds is 1. The van der Waals surface area contributed by atoms with Crippen molar-refractivity contribution in [2.45, 2.75) is 20.8 Å². The second-order valence-corrected chi connectivity index (χ2v) is 2.02. The third-order valence-corrected chi connectivity index (χ3v) is 1.02. The Morgan fingerprint density at radius 1 is 1.44 bits per heavy atom. The normalized spacial score (nSPS) is 8.44. The topological polar surface area (TPSA) is 0 Å². The van der Waals surface area contributed by atoms with E-state index in [4.69, 9.17) is 11.6 Å². The molecule has 1 heteroatoms. The highest BCUT2D eigenvalue weighted by Crippen LogP contribution is 1.86. The third kappa shape index (κ3) is 33.7. The van der Waals surface area contributed by atoms with Crippen molar-refractivity contribution in [1.82, 2.24) is 0 Å². The van der Waals surface area contributed by atoms with E-state index < -0.39 is 0 Å². The summed E-state index contributed by atoms with van der Waals surface area (Å²) < 4.78 is 0. The van der Waals surface area contributed by atoms with Gasteiger partial charge in [0, 0.05) is 5.88 Å². The van der Waals surface area contributed by atoms with Gasteiger partial charge in [0.2, 0.25) is 0 Å². The molecule has 0 spiro atoms. The minimum atomic E-state index is 0.583. The number of allylic oxidation sites excluding steroid dienone is 3. The smallest absolute Gasteiger partial charge is 0.0428 e. The van der Waals surface area contributed by atoms with E-state index in [0.717, 1.165) is 5.57 Å². The van der Waals surface area contributed by atoms with Gasteiger partial charge in [-0.2, -0.15) is 0 Å². The molecule has 0 unspecified atom stereocenters. The first-order valence-electron chi connectivity index (χ1n) is 2.96. The van der Waals surface area contributed by atoms with E-state index in [-0.39, 0.29) is 0 Å². The minimum absolute atomic E-state index is 0.583. The summed E-state index contributed by atoms with van der Waals surface area (Å²) in [6.07, 6.45) is 4.00. The first kappa shape index (κ1) is 11.6. The molecule has 9 heavy (non-hydrogen) atoms. The molecule has 0 aromatic carbocycles. The molecular weight excluding hydrogens is 132 g/mol. The molecule has 0 aliphatic heterocycles. The third-order valence-electron chi connectivity index (χ3n) is 0.561. The molecule has 0 fully saturated rings. The second-order valence-electron chi connectivity index (χ2n) is 1.76. The molecule has 0 atom stereocenters. The average molecular weight is 147 g/mol. The van der Waals surface area contributed by atoms with Gasteiger partial charge < -0.3 is 0 Å². The SMILES string of the molecule is C=C(C)CCl.CC=CC. The largest absolute Gasteiger partial charge is 0.122 e. The fourth-order valence-electron chi connectivity index (χ4n) is 0. The lowest BCUT2D eigenvalue weighted by molar-refractivity contribution is 1.43. The fraction of sp³-hybridized carbons (Fsp3) is 0.500. The lowest BCUT2D eigenvalue weighted by Crippen LogP contribution is -1.65. The van der Waals surface area contributed by atoms with Gasteiger partial charge in [-0.1, -0.05) is 24.3 Å². The Labute approximate surface area is 63.2 Å². The van der Waals surface area contributed by atoms with Crippen LogP contribution in [-0.4, -0.2) is 5.88 Å². The Kier molecular flexibility index (Phi) is 13.7. The van der Waals surface area contributed by atoms with E-state index in [1.54, 1.807) is 0 Å². The summed E-state index contributed by atoms with van der Waals surface area (Å²) in [7, 11) is 0. The average Bonchev–Trinajstić information content (AvgIpc) is 1.89. The Morgan fingerprint density at radius 3 is 1.67 bits per heavy atom. The van der Waals surface area contributed by atoms with Gasteiger partial charge >= 0.3 is 0 Å². The fourth-order valence-corrected chi connectivity index (χ4v) is 0. The summed E-state index contributed by atoms with van der Waals surface area (Å²) >= 11 is 5.24. The van der Waals surface area contributed by atoms with E-state index >= 15 is 0 Å². The summed E-state index contributed by atoms with van der Waals surface area (Å²) in [5, 5.41) is 0. The molecule has 0 bridgehead atoms. The Hall–Kier alpha value is -0.230. The zero-order chi connectivity index (χ0) is 7.70. The van der Waals surface area contributed by atoms with Gasteiger partial charge in [-0.05, 0) is 20.8 Å². The lowest BCUT2D eigenvalue weighted by atomic mass is 10.4. The van der Waals surface area contributed by atoms with Gasteiger partial charge in [0.1, 0.15) is 0 Å². The second kappa shape index (κ2) is 10.7. The highest BCUT2D eigenvalue weighted by atomic mass is 35.5. The van der Waals surface area contributed by atoms with Gasteiger partial charge in [-0.3, -0.25) is 0 Å². The maximum absolute atomic E-state index is 5.24. The van der Waals surface area contributed by atoms with Crippen LogP contribution < -0.4 is 0 Å². The van der Waals surface area contributed by atoms with Gasteiger partial charge in [0.15, 0.2) is 0 Å². The zero-order valence-corrected chi connectivity index (χ0v) is 7.20. The van der Waals surface area contributed by atoms with Crippen molar-refractivity contribution in [2.75, 3.05) is 5.88 Å². The highest BCUT2D eigenvalue weighted by molar-refractivity contribution is 6.19. The molecule has 0 amide bonds. The van der Waals surface area contributed by atoms with Crippen LogP contribution in [0.25, 0.3) is 0 Å². The monoisotopic (exact) mass is 146 g/mol. The Bertz CT molecular complexity index is 78.6. The Morgan fingerprint density at radius 2 is 1.67 bits per heavy atom. The summed E-state index contributed by atoms with van der Waals surface area (Å²) in [4.78, 5) is 0. The zero-order valence-electron chi connectivity index (χ0n) is 6.45. The van der Waals surface area contributed by atoms with Gasteiger partial charge in [-0.25, -0.2) is 0 Å². The lowest BCUT2D eigenvalue weighted by Gasteiger charge is -1.77. The van der Waals surface area contributed by atoms with Crippen LogP contribution in [-0.2, 0) is 0 Å². The summed E-state index contributed by atoms with van der Waals surface area (Å²) in [6, 6.07) is 0. The number of halogens is 1. The van der Waals surface area contributed by atoms with Crippen molar-refractivity contribution in [3.05, 3.63) is 24.3 Å². The summed E-state index contributed by atoms with van der Waals surface area (Å²) in [5.41, 5.74) is 1.02. The predicted molar refractivity (Wildman–Crippen MR) is 46.0 cm³/mol. The quantitative estimate of drug-likeness (QED) is 0.393. The highest BCUT2D eigenvalue weighted by Gasteiger charge is 1.70. The molecule has 0 saturated heterocycles. The molecule has 0 heterocycles. The van der Waals surface area contributed by atoms with Crippen LogP contribution in [0.1, 0.15) is 20.8 Å². The van der Waals surface area contributed by atoms with Crippen molar-refractivity contribution >= 4 is 11.6 Å². The van der Waals surface area contributed by atoms with Crippen molar-refractivity contribution in [3.8, 4) is 0 Å². The molecule has 0 rings (SSSR count). The van der Waals surface area contributed by atoms with Crippen LogP contribution >= 0.6 is 11.6 Å². The molecule has 0 aromatic rings. The van der Waals surface area contributed by atoms with Crippen molar-refractivity contribution < 1.29 is 0 Å². The summed E-state index contributed by atoms with van der Waals surface area (Å²) in [5.74, 6) is 0.583. The van der Waals surface area contributed by atoms with E-state index in [1.165, 1.54) is 0 Å².